The van der Waals surface area contributed by atoms with E-state index in [1.165, 1.54) is 5.56 Å². The van der Waals surface area contributed by atoms with Gasteiger partial charge in [0.1, 0.15) is 12.4 Å². The first kappa shape index (κ1) is 13.1. The minimum Gasteiger partial charge on any atom is -0.445 e. The van der Waals surface area contributed by atoms with Crippen molar-refractivity contribution in [1.29, 1.82) is 0 Å². The summed E-state index contributed by atoms with van der Waals surface area (Å²) in [5.41, 5.74) is 7.54. The van der Waals surface area contributed by atoms with Crippen molar-refractivity contribution >= 4 is 0 Å². The average molecular weight is 273 g/mol. The topological polar surface area (TPSA) is 64.5 Å². The molecule has 1 fully saturated rings. The third-order valence-corrected chi connectivity index (χ3v) is 3.49. The van der Waals surface area contributed by atoms with Crippen LogP contribution >= 0.6 is 0 Å². The molecule has 5 nitrogen and oxygen atoms in total. The minimum atomic E-state index is 0.142. The lowest BCUT2D eigenvalue weighted by atomic mass is 10.2. The van der Waals surface area contributed by atoms with Crippen LogP contribution in [0.3, 0.4) is 0 Å². The Morgan fingerprint density at radius 1 is 1.35 bits per heavy atom. The minimum absolute atomic E-state index is 0.142. The van der Waals surface area contributed by atoms with Gasteiger partial charge in [0.2, 0.25) is 0 Å². The fourth-order valence-corrected chi connectivity index (χ4v) is 2.46. The van der Waals surface area contributed by atoms with Gasteiger partial charge in [-0.3, -0.25) is 4.90 Å². The SMILES string of the molecule is NCc1coc(OC2CCN(Cc3ccccc3)C2)n1. The van der Waals surface area contributed by atoms with Crippen molar-refractivity contribution in [3.63, 3.8) is 0 Å². The van der Waals surface area contributed by atoms with Gasteiger partial charge in [-0.15, -0.1) is 0 Å². The van der Waals surface area contributed by atoms with Crippen LogP contribution in [-0.2, 0) is 13.1 Å². The standard InChI is InChI=1S/C15H19N3O2/c16-8-13-11-19-15(17-13)20-14-6-7-18(10-14)9-12-4-2-1-3-5-12/h1-5,11,14H,6-10,16H2. The molecule has 1 aliphatic heterocycles. The lowest BCUT2D eigenvalue weighted by Gasteiger charge is -2.15. The molecule has 0 aliphatic carbocycles. The fourth-order valence-electron chi connectivity index (χ4n) is 2.46. The monoisotopic (exact) mass is 273 g/mol. The summed E-state index contributed by atoms with van der Waals surface area (Å²) in [5, 5.41) is 0. The zero-order valence-electron chi connectivity index (χ0n) is 11.4. The second-order valence-electron chi connectivity index (χ2n) is 5.06. The van der Waals surface area contributed by atoms with E-state index in [0.29, 0.717) is 12.6 Å². The van der Waals surface area contributed by atoms with Crippen molar-refractivity contribution in [3.8, 4) is 6.08 Å². The van der Waals surface area contributed by atoms with E-state index in [2.05, 4.69) is 34.1 Å². The molecule has 0 amide bonds. The molecule has 106 valence electrons. The van der Waals surface area contributed by atoms with Gasteiger partial charge >= 0.3 is 6.08 Å². The summed E-state index contributed by atoms with van der Waals surface area (Å²) in [4.78, 5) is 6.55. The maximum atomic E-state index is 5.75. The number of likely N-dealkylation sites (tertiary alicyclic amines) is 1. The maximum absolute atomic E-state index is 5.75. The first-order valence-electron chi connectivity index (χ1n) is 6.91. The zero-order chi connectivity index (χ0) is 13.8. The zero-order valence-corrected chi connectivity index (χ0v) is 11.4. The van der Waals surface area contributed by atoms with Crippen molar-refractivity contribution in [2.24, 2.45) is 5.73 Å². The van der Waals surface area contributed by atoms with Crippen LogP contribution in [-0.4, -0.2) is 29.1 Å². The summed E-state index contributed by atoms with van der Waals surface area (Å²) in [5.74, 6) is 0. The number of benzene rings is 1. The highest BCUT2D eigenvalue weighted by Crippen LogP contribution is 2.19. The largest absolute Gasteiger partial charge is 0.445 e. The van der Waals surface area contributed by atoms with E-state index in [4.69, 9.17) is 14.9 Å². The highest BCUT2D eigenvalue weighted by atomic mass is 16.6. The Morgan fingerprint density at radius 3 is 2.95 bits per heavy atom. The van der Waals surface area contributed by atoms with Crippen molar-refractivity contribution in [1.82, 2.24) is 9.88 Å². The maximum Gasteiger partial charge on any atom is 0.394 e. The average Bonchev–Trinajstić information content (AvgIpc) is 3.10. The first-order valence-corrected chi connectivity index (χ1v) is 6.91. The van der Waals surface area contributed by atoms with Crippen LogP contribution in [0, 0.1) is 0 Å². The normalized spacial score (nSPS) is 19.4. The smallest absolute Gasteiger partial charge is 0.394 e. The molecule has 1 atom stereocenters. The van der Waals surface area contributed by atoms with Crippen LogP contribution < -0.4 is 10.5 Å². The molecule has 0 saturated carbocycles. The van der Waals surface area contributed by atoms with Crippen molar-refractivity contribution in [3.05, 3.63) is 47.9 Å². The number of nitrogens with two attached hydrogens (primary N) is 1. The molecular weight excluding hydrogens is 254 g/mol. The highest BCUT2D eigenvalue weighted by molar-refractivity contribution is 5.14. The van der Waals surface area contributed by atoms with Gasteiger partial charge in [0.25, 0.3) is 0 Å². The van der Waals surface area contributed by atoms with Crippen molar-refractivity contribution < 1.29 is 9.15 Å². The number of hydrogen-bond donors (Lipinski definition) is 1. The summed E-state index contributed by atoms with van der Waals surface area (Å²) in [6.45, 7) is 3.26. The van der Waals surface area contributed by atoms with Crippen LogP contribution in [0.2, 0.25) is 0 Å². The molecule has 1 unspecified atom stereocenters. The molecular formula is C15H19N3O2. The Bertz CT molecular complexity index is 541. The molecule has 0 radical (unpaired) electrons. The fraction of sp³-hybridized carbons (Fsp3) is 0.400. The van der Waals surface area contributed by atoms with Gasteiger partial charge in [-0.05, 0) is 12.0 Å². The molecule has 0 bridgehead atoms. The third-order valence-electron chi connectivity index (χ3n) is 3.49. The van der Waals surface area contributed by atoms with E-state index in [-0.39, 0.29) is 6.10 Å². The number of rotatable bonds is 5. The molecule has 2 N–H and O–H groups in total. The molecule has 0 spiro atoms. The second-order valence-corrected chi connectivity index (χ2v) is 5.06. The van der Waals surface area contributed by atoms with Crippen LogP contribution in [0.4, 0.5) is 0 Å². The summed E-state index contributed by atoms with van der Waals surface area (Å²) in [6.07, 6.45) is 3.01. The van der Waals surface area contributed by atoms with Gasteiger partial charge in [0.15, 0.2) is 0 Å². The van der Waals surface area contributed by atoms with Gasteiger partial charge in [0.05, 0.1) is 5.69 Å². The molecule has 5 heteroatoms. The van der Waals surface area contributed by atoms with Gasteiger partial charge in [0, 0.05) is 26.2 Å². The molecule has 2 heterocycles. The predicted octanol–water partition coefficient (Wildman–Crippen LogP) is 1.79. The Morgan fingerprint density at radius 2 is 2.20 bits per heavy atom. The van der Waals surface area contributed by atoms with Crippen LogP contribution in [0.25, 0.3) is 0 Å². The van der Waals surface area contributed by atoms with Gasteiger partial charge in [-0.1, -0.05) is 30.3 Å². The van der Waals surface area contributed by atoms with Gasteiger partial charge in [-0.25, -0.2) is 0 Å². The molecule has 1 saturated heterocycles. The quantitative estimate of drug-likeness (QED) is 0.899. The van der Waals surface area contributed by atoms with Crippen LogP contribution in [0.5, 0.6) is 6.08 Å². The Balaban J connectivity index is 1.52. The molecule has 1 aromatic carbocycles. The Hall–Kier alpha value is -1.85. The van der Waals surface area contributed by atoms with Gasteiger partial charge < -0.3 is 14.9 Å². The molecule has 2 aromatic rings. The number of aromatic nitrogens is 1. The summed E-state index contributed by atoms with van der Waals surface area (Å²) in [6, 6.07) is 10.5. The molecule has 3 rings (SSSR count). The van der Waals surface area contributed by atoms with E-state index >= 15 is 0 Å². The summed E-state index contributed by atoms with van der Waals surface area (Å²) < 4.78 is 11.0. The van der Waals surface area contributed by atoms with E-state index in [1.807, 2.05) is 6.07 Å². The van der Waals surface area contributed by atoms with Crippen LogP contribution in [0.1, 0.15) is 17.7 Å². The van der Waals surface area contributed by atoms with Crippen molar-refractivity contribution in [2.75, 3.05) is 13.1 Å². The first-order chi connectivity index (χ1) is 9.83. The van der Waals surface area contributed by atoms with Gasteiger partial charge in [-0.2, -0.15) is 4.98 Å². The number of nitrogens with zero attached hydrogens (tertiary/aromatic N) is 2. The highest BCUT2D eigenvalue weighted by Gasteiger charge is 2.25. The second kappa shape index (κ2) is 6.07. The lowest BCUT2D eigenvalue weighted by molar-refractivity contribution is 0.148. The number of oxazole rings is 1. The molecule has 1 aromatic heterocycles. The summed E-state index contributed by atoms with van der Waals surface area (Å²) >= 11 is 0. The lowest BCUT2D eigenvalue weighted by Crippen LogP contribution is -2.24. The Kier molecular flexibility index (Phi) is 3.99. The van der Waals surface area contributed by atoms with E-state index in [0.717, 1.165) is 31.7 Å². The number of ether oxygens (including phenoxy) is 1. The molecule has 1 aliphatic rings. The van der Waals surface area contributed by atoms with E-state index in [1.54, 1.807) is 6.26 Å². The Labute approximate surface area is 118 Å². The van der Waals surface area contributed by atoms with E-state index < -0.39 is 0 Å². The van der Waals surface area contributed by atoms with E-state index in [9.17, 15) is 0 Å². The number of hydrogen-bond acceptors (Lipinski definition) is 5. The molecule has 20 heavy (non-hydrogen) atoms. The third kappa shape index (κ3) is 3.18. The van der Waals surface area contributed by atoms with Crippen LogP contribution in [0.15, 0.2) is 41.0 Å². The summed E-state index contributed by atoms with van der Waals surface area (Å²) in [7, 11) is 0. The predicted molar refractivity (Wildman–Crippen MR) is 75.1 cm³/mol. The van der Waals surface area contributed by atoms with Crippen molar-refractivity contribution in [2.45, 2.75) is 25.6 Å².